The lowest BCUT2D eigenvalue weighted by atomic mass is 10.2. The standard InChI is InChI=1S/C11H9N3O2.C11H7N3O.CH4S.CH4/c15-7-4-10(16)14-11-8-2-1-5-12-9(8)3-6-13-11;15-10-4-7-14-6-3-9-8(11(14)13-10)2-1-5-12-9;1-2;/h1-3,5-7H,4H2,(H,13,14,16);1-7H;2H,1H3;1H4. The van der Waals surface area contributed by atoms with Gasteiger partial charge in [0.15, 0.2) is 0 Å². The summed E-state index contributed by atoms with van der Waals surface area (Å²) in [6.07, 6.45) is 10.6. The molecule has 0 unspecified atom stereocenters. The van der Waals surface area contributed by atoms with Crippen LogP contribution in [0.2, 0.25) is 0 Å². The molecule has 1 amide bonds. The normalized spacial score (nSPS) is 9.71. The van der Waals surface area contributed by atoms with Crippen LogP contribution < -0.4 is 10.9 Å². The van der Waals surface area contributed by atoms with E-state index in [9.17, 15) is 14.4 Å². The highest BCUT2D eigenvalue weighted by atomic mass is 32.1. The van der Waals surface area contributed by atoms with Gasteiger partial charge in [-0.2, -0.15) is 17.6 Å². The molecule has 5 aromatic rings. The molecule has 174 valence electrons. The summed E-state index contributed by atoms with van der Waals surface area (Å²) in [5.41, 5.74) is 2.01. The molecule has 5 heterocycles. The fourth-order valence-electron chi connectivity index (χ4n) is 2.98. The Hall–Kier alpha value is -4.18. The lowest BCUT2D eigenvalue weighted by Crippen LogP contribution is -2.12. The zero-order chi connectivity index (χ0) is 23.6. The number of anilines is 1. The Morgan fingerprint density at radius 1 is 0.941 bits per heavy atom. The Labute approximate surface area is 201 Å². The summed E-state index contributed by atoms with van der Waals surface area (Å²) in [5, 5.41) is 4.21. The topological polar surface area (TPSA) is 119 Å². The quantitative estimate of drug-likeness (QED) is 0.177. The van der Waals surface area contributed by atoms with E-state index in [2.05, 4.69) is 37.9 Å². The van der Waals surface area contributed by atoms with Crippen molar-refractivity contribution in [3.63, 3.8) is 0 Å². The molecule has 0 radical (unpaired) electrons. The van der Waals surface area contributed by atoms with Crippen LogP contribution in [0.5, 0.6) is 0 Å². The van der Waals surface area contributed by atoms with Gasteiger partial charge in [-0.15, -0.1) is 0 Å². The van der Waals surface area contributed by atoms with E-state index in [1.165, 1.54) is 6.07 Å². The van der Waals surface area contributed by atoms with Crippen molar-refractivity contribution in [2.75, 3.05) is 11.6 Å². The molecule has 0 saturated heterocycles. The van der Waals surface area contributed by atoms with Gasteiger partial charge in [-0.1, -0.05) is 7.43 Å². The van der Waals surface area contributed by atoms with Gasteiger partial charge in [-0.05, 0) is 42.7 Å². The van der Waals surface area contributed by atoms with Crippen molar-refractivity contribution in [2.45, 2.75) is 13.8 Å². The molecular weight excluding hydrogens is 452 g/mol. The molecule has 0 aliphatic rings. The van der Waals surface area contributed by atoms with E-state index < -0.39 is 0 Å². The van der Waals surface area contributed by atoms with E-state index in [0.717, 1.165) is 21.8 Å². The molecule has 0 atom stereocenters. The largest absolute Gasteiger partial charge is 0.310 e. The van der Waals surface area contributed by atoms with Gasteiger partial charge in [0.1, 0.15) is 17.8 Å². The minimum atomic E-state index is -0.376. The van der Waals surface area contributed by atoms with E-state index in [4.69, 9.17) is 0 Å². The number of carbonyl (C=O) groups excluding carboxylic acids is 2. The number of aromatic nitrogens is 5. The zero-order valence-corrected chi connectivity index (χ0v) is 18.5. The second-order valence-electron chi connectivity index (χ2n) is 6.40. The number of rotatable bonds is 3. The minimum Gasteiger partial charge on any atom is -0.310 e. The number of nitrogens with one attached hydrogen (secondary N) is 1. The van der Waals surface area contributed by atoms with Crippen molar-refractivity contribution >= 4 is 58.1 Å². The molecule has 0 aromatic carbocycles. The third kappa shape index (κ3) is 6.20. The van der Waals surface area contributed by atoms with Crippen LogP contribution in [-0.2, 0) is 9.59 Å². The molecule has 1 N–H and O–H groups in total. The molecule has 0 fully saturated rings. The summed E-state index contributed by atoms with van der Waals surface area (Å²) < 4.78 is 1.81. The fourth-order valence-corrected chi connectivity index (χ4v) is 2.98. The molecule has 0 aliphatic heterocycles. The summed E-state index contributed by atoms with van der Waals surface area (Å²) in [7, 11) is 0. The Morgan fingerprint density at radius 3 is 2.29 bits per heavy atom. The van der Waals surface area contributed by atoms with Crippen molar-refractivity contribution in [3.8, 4) is 0 Å². The Balaban J connectivity index is 0.000000218. The van der Waals surface area contributed by atoms with Crippen LogP contribution in [0.15, 0.2) is 78.2 Å². The Bertz CT molecular complexity index is 1470. The minimum absolute atomic E-state index is 0. The number of hydrogen-bond acceptors (Lipinski definition) is 8. The number of hydrogen-bond donors (Lipinski definition) is 2. The van der Waals surface area contributed by atoms with Crippen molar-refractivity contribution in [1.82, 2.24) is 24.3 Å². The molecule has 34 heavy (non-hydrogen) atoms. The van der Waals surface area contributed by atoms with Gasteiger partial charge < -0.3 is 14.5 Å². The van der Waals surface area contributed by atoms with E-state index in [1.54, 1.807) is 43.2 Å². The van der Waals surface area contributed by atoms with Gasteiger partial charge in [0.05, 0.1) is 17.5 Å². The van der Waals surface area contributed by atoms with Gasteiger partial charge in [0, 0.05) is 47.8 Å². The van der Waals surface area contributed by atoms with Crippen LogP contribution in [0.4, 0.5) is 5.82 Å². The highest BCUT2D eigenvalue weighted by molar-refractivity contribution is 7.79. The number of pyridine rings is 4. The Kier molecular flexibility index (Phi) is 9.78. The number of fused-ring (bicyclic) bond motifs is 4. The van der Waals surface area contributed by atoms with E-state index >= 15 is 0 Å². The van der Waals surface area contributed by atoms with Crippen LogP contribution in [0.1, 0.15) is 13.8 Å². The highest BCUT2D eigenvalue weighted by Gasteiger charge is 2.06. The molecule has 0 saturated carbocycles. The summed E-state index contributed by atoms with van der Waals surface area (Å²) in [6, 6.07) is 12.4. The molecule has 0 bridgehead atoms. The van der Waals surface area contributed by atoms with Gasteiger partial charge >= 0.3 is 0 Å². The third-order valence-electron chi connectivity index (χ3n) is 4.37. The lowest BCUT2D eigenvalue weighted by molar-refractivity contribution is -0.120. The van der Waals surface area contributed by atoms with Crippen LogP contribution in [-0.4, -0.2) is 42.8 Å². The predicted molar refractivity (Wildman–Crippen MR) is 137 cm³/mol. The Morgan fingerprint density at radius 2 is 1.59 bits per heavy atom. The summed E-state index contributed by atoms with van der Waals surface area (Å²) in [5.74, 6) is 0.0521. The average molecular weight is 477 g/mol. The molecule has 10 heteroatoms. The first-order valence-corrected chi connectivity index (χ1v) is 10.7. The maximum Gasteiger partial charge on any atom is 0.273 e. The molecule has 9 nitrogen and oxygen atoms in total. The number of amides is 1. The monoisotopic (exact) mass is 476 g/mol. The third-order valence-corrected chi connectivity index (χ3v) is 4.37. The van der Waals surface area contributed by atoms with Gasteiger partial charge in [-0.25, -0.2) is 4.98 Å². The lowest BCUT2D eigenvalue weighted by Gasteiger charge is -2.05. The second-order valence-corrected chi connectivity index (χ2v) is 6.40. The second kappa shape index (κ2) is 12.8. The molecular formula is C24H24N6O3S. The van der Waals surface area contributed by atoms with Crippen molar-refractivity contribution in [3.05, 3.63) is 83.8 Å². The van der Waals surface area contributed by atoms with Crippen LogP contribution >= 0.6 is 12.6 Å². The first kappa shape index (κ1) is 26.1. The zero-order valence-electron chi connectivity index (χ0n) is 17.6. The van der Waals surface area contributed by atoms with E-state index in [-0.39, 0.29) is 25.3 Å². The average Bonchev–Trinajstić information content (AvgIpc) is 2.86. The molecule has 5 aromatic heterocycles. The summed E-state index contributed by atoms with van der Waals surface area (Å²) in [6.45, 7) is 0. The molecule has 0 aliphatic carbocycles. The van der Waals surface area contributed by atoms with E-state index in [0.29, 0.717) is 17.8 Å². The molecule has 0 spiro atoms. The number of aldehydes is 1. The summed E-state index contributed by atoms with van der Waals surface area (Å²) >= 11 is 3.53. The van der Waals surface area contributed by atoms with E-state index in [1.807, 2.05) is 34.9 Å². The smallest absolute Gasteiger partial charge is 0.273 e. The fraction of sp³-hybridized carbons (Fsp3) is 0.125. The first-order valence-electron chi connectivity index (χ1n) is 9.76. The number of carbonyl (C=O) groups is 2. The number of nitrogens with zero attached hydrogens (tertiary/aromatic N) is 5. The SMILES string of the molecule is C.CS.O=CCC(=O)Nc1nccc2ncccc12.O=c1ccn2ccc3ncccc3c2n1. The van der Waals surface area contributed by atoms with Crippen molar-refractivity contribution in [2.24, 2.45) is 0 Å². The van der Waals surface area contributed by atoms with Gasteiger partial charge in [0.2, 0.25) is 5.91 Å². The van der Waals surface area contributed by atoms with Crippen molar-refractivity contribution < 1.29 is 9.59 Å². The van der Waals surface area contributed by atoms with Gasteiger partial charge in [-0.3, -0.25) is 19.6 Å². The first-order chi connectivity index (χ1) is 16.2. The molecule has 5 rings (SSSR count). The van der Waals surface area contributed by atoms with Crippen LogP contribution in [0.3, 0.4) is 0 Å². The van der Waals surface area contributed by atoms with Crippen LogP contribution in [0.25, 0.3) is 27.5 Å². The van der Waals surface area contributed by atoms with Crippen molar-refractivity contribution in [1.29, 1.82) is 0 Å². The van der Waals surface area contributed by atoms with Crippen LogP contribution in [0, 0.1) is 0 Å². The number of thiol groups is 1. The summed E-state index contributed by atoms with van der Waals surface area (Å²) in [4.78, 5) is 49.0. The maximum atomic E-state index is 11.3. The van der Waals surface area contributed by atoms with Gasteiger partial charge in [0.25, 0.3) is 5.56 Å². The maximum absolute atomic E-state index is 11.3. The highest BCUT2D eigenvalue weighted by Crippen LogP contribution is 2.18. The predicted octanol–water partition coefficient (Wildman–Crippen LogP) is 3.58.